The third-order valence-electron chi connectivity index (χ3n) is 4.81. The molecule has 2 aromatic rings. The van der Waals surface area contributed by atoms with E-state index in [9.17, 15) is 22.4 Å². The average Bonchev–Trinajstić information content (AvgIpc) is 2.66. The van der Waals surface area contributed by atoms with Crippen molar-refractivity contribution in [2.75, 3.05) is 36.8 Å². The first kappa shape index (κ1) is 21.5. The fraction of sp³-hybridized carbons (Fsp3) is 0.381. The summed E-state index contributed by atoms with van der Waals surface area (Å²) in [4.78, 5) is 16.6. The van der Waals surface area contributed by atoms with E-state index in [1.165, 1.54) is 12.1 Å². The SMILES string of the molecule is Cc1cccc(C(=O)N2CCN(c3cc(SCC(F)(F)F)c(C)cc3F)CC2)c1. The zero-order chi connectivity index (χ0) is 21.2. The largest absolute Gasteiger partial charge is 0.398 e. The summed E-state index contributed by atoms with van der Waals surface area (Å²) in [6.07, 6.45) is -4.28. The van der Waals surface area contributed by atoms with Gasteiger partial charge >= 0.3 is 6.18 Å². The van der Waals surface area contributed by atoms with Gasteiger partial charge < -0.3 is 9.80 Å². The fourth-order valence-electron chi connectivity index (χ4n) is 3.31. The third kappa shape index (κ3) is 5.44. The minimum absolute atomic E-state index is 0.0702. The molecular formula is C21H22F4N2OS. The first-order valence-corrected chi connectivity index (χ1v) is 10.2. The van der Waals surface area contributed by atoms with Gasteiger partial charge in [-0.1, -0.05) is 17.7 Å². The molecule has 29 heavy (non-hydrogen) atoms. The quantitative estimate of drug-likeness (QED) is 0.504. The Morgan fingerprint density at radius 1 is 1.07 bits per heavy atom. The van der Waals surface area contributed by atoms with Gasteiger partial charge in [0.25, 0.3) is 5.91 Å². The van der Waals surface area contributed by atoms with E-state index in [0.717, 1.165) is 5.56 Å². The molecule has 0 spiro atoms. The van der Waals surface area contributed by atoms with Crippen molar-refractivity contribution in [3.63, 3.8) is 0 Å². The topological polar surface area (TPSA) is 23.6 Å². The summed E-state index contributed by atoms with van der Waals surface area (Å²) >= 11 is 0.662. The van der Waals surface area contributed by atoms with Crippen molar-refractivity contribution in [3.8, 4) is 0 Å². The Morgan fingerprint density at radius 3 is 2.38 bits per heavy atom. The van der Waals surface area contributed by atoms with Crippen molar-refractivity contribution in [1.29, 1.82) is 0 Å². The maximum Gasteiger partial charge on any atom is 0.398 e. The number of hydrogen-bond acceptors (Lipinski definition) is 3. The minimum Gasteiger partial charge on any atom is -0.366 e. The molecule has 0 N–H and O–H groups in total. The number of anilines is 1. The minimum atomic E-state index is -4.28. The van der Waals surface area contributed by atoms with Crippen LogP contribution in [0.25, 0.3) is 0 Å². The van der Waals surface area contributed by atoms with E-state index in [-0.39, 0.29) is 11.6 Å². The van der Waals surface area contributed by atoms with Gasteiger partial charge in [0.1, 0.15) is 5.82 Å². The molecule has 0 aromatic heterocycles. The zero-order valence-electron chi connectivity index (χ0n) is 16.2. The molecule has 1 aliphatic heterocycles. The van der Waals surface area contributed by atoms with Gasteiger partial charge in [0.2, 0.25) is 0 Å². The summed E-state index contributed by atoms with van der Waals surface area (Å²) in [6.45, 7) is 5.20. The summed E-state index contributed by atoms with van der Waals surface area (Å²) < 4.78 is 52.1. The molecule has 3 nitrogen and oxygen atoms in total. The lowest BCUT2D eigenvalue weighted by atomic mass is 10.1. The molecule has 1 fully saturated rings. The van der Waals surface area contributed by atoms with E-state index in [1.54, 1.807) is 22.8 Å². The number of alkyl halides is 3. The number of carbonyl (C=O) groups is 1. The Hall–Kier alpha value is -2.22. The predicted octanol–water partition coefficient (Wildman–Crippen LogP) is 5.06. The second-order valence-corrected chi connectivity index (χ2v) is 8.14. The van der Waals surface area contributed by atoms with Gasteiger partial charge in [0.05, 0.1) is 11.4 Å². The van der Waals surface area contributed by atoms with E-state index in [1.807, 2.05) is 25.1 Å². The van der Waals surface area contributed by atoms with Gasteiger partial charge in [-0.05, 0) is 43.7 Å². The van der Waals surface area contributed by atoms with Crippen LogP contribution in [-0.2, 0) is 0 Å². The number of nitrogens with zero attached hydrogens (tertiary/aromatic N) is 2. The summed E-state index contributed by atoms with van der Waals surface area (Å²) in [5.74, 6) is -1.55. The van der Waals surface area contributed by atoms with Crippen molar-refractivity contribution in [1.82, 2.24) is 4.90 Å². The Morgan fingerprint density at radius 2 is 1.76 bits per heavy atom. The van der Waals surface area contributed by atoms with E-state index in [2.05, 4.69) is 0 Å². The van der Waals surface area contributed by atoms with Crippen LogP contribution in [0.4, 0.5) is 23.2 Å². The van der Waals surface area contributed by atoms with E-state index < -0.39 is 17.7 Å². The van der Waals surface area contributed by atoms with Crippen LogP contribution in [-0.4, -0.2) is 48.9 Å². The van der Waals surface area contributed by atoms with Crippen LogP contribution in [0, 0.1) is 19.7 Å². The number of piperazine rings is 1. The Bertz CT molecular complexity index is 893. The molecule has 0 radical (unpaired) electrons. The number of carbonyl (C=O) groups excluding carboxylic acids is 1. The summed E-state index contributed by atoms with van der Waals surface area (Å²) in [7, 11) is 0. The lowest BCUT2D eigenvalue weighted by molar-refractivity contribution is -0.105. The predicted molar refractivity (Wildman–Crippen MR) is 107 cm³/mol. The summed E-state index contributed by atoms with van der Waals surface area (Å²) in [5, 5.41) is 0. The summed E-state index contributed by atoms with van der Waals surface area (Å²) in [5.41, 5.74) is 2.38. The molecule has 0 atom stereocenters. The van der Waals surface area contributed by atoms with Gasteiger partial charge in [0.15, 0.2) is 0 Å². The molecule has 8 heteroatoms. The first-order valence-electron chi connectivity index (χ1n) is 9.24. The maximum atomic E-state index is 14.5. The highest BCUT2D eigenvalue weighted by Gasteiger charge is 2.28. The van der Waals surface area contributed by atoms with E-state index in [4.69, 9.17) is 0 Å². The second kappa shape index (κ2) is 8.65. The van der Waals surface area contributed by atoms with Crippen molar-refractivity contribution in [2.24, 2.45) is 0 Å². The third-order valence-corrected chi connectivity index (χ3v) is 6.03. The molecule has 156 valence electrons. The van der Waals surface area contributed by atoms with Crippen LogP contribution in [0.3, 0.4) is 0 Å². The highest BCUT2D eigenvalue weighted by atomic mass is 32.2. The number of aryl methyl sites for hydroxylation is 2. The molecular weight excluding hydrogens is 404 g/mol. The molecule has 1 saturated heterocycles. The van der Waals surface area contributed by atoms with Gasteiger partial charge in [-0.25, -0.2) is 4.39 Å². The van der Waals surface area contributed by atoms with Gasteiger partial charge in [0, 0.05) is 36.6 Å². The van der Waals surface area contributed by atoms with Crippen LogP contribution < -0.4 is 4.90 Å². The van der Waals surface area contributed by atoms with Crippen molar-refractivity contribution < 1.29 is 22.4 Å². The number of benzene rings is 2. The van der Waals surface area contributed by atoms with Gasteiger partial charge in [-0.2, -0.15) is 13.2 Å². The zero-order valence-corrected chi connectivity index (χ0v) is 17.0. The Labute approximate surface area is 171 Å². The summed E-state index contributed by atoms with van der Waals surface area (Å²) in [6, 6.07) is 10.1. The van der Waals surface area contributed by atoms with E-state index in [0.29, 0.717) is 54.0 Å². The van der Waals surface area contributed by atoms with Crippen LogP contribution in [0.1, 0.15) is 21.5 Å². The molecule has 3 rings (SSSR count). The molecule has 1 heterocycles. The normalized spacial score (nSPS) is 15.0. The monoisotopic (exact) mass is 426 g/mol. The Balaban J connectivity index is 1.69. The standard InChI is InChI=1S/C21H22F4N2OS/c1-14-4-3-5-16(10-14)20(28)27-8-6-26(7-9-27)18-12-19(15(2)11-17(18)22)29-13-21(23,24)25/h3-5,10-12H,6-9,13H2,1-2H3. The number of amides is 1. The molecule has 0 bridgehead atoms. The van der Waals surface area contributed by atoms with Crippen molar-refractivity contribution in [2.45, 2.75) is 24.9 Å². The van der Waals surface area contributed by atoms with E-state index >= 15 is 0 Å². The highest BCUT2D eigenvalue weighted by molar-refractivity contribution is 7.99. The number of rotatable bonds is 4. The number of hydrogen-bond donors (Lipinski definition) is 0. The molecule has 1 amide bonds. The van der Waals surface area contributed by atoms with Crippen LogP contribution >= 0.6 is 11.8 Å². The molecule has 0 aliphatic carbocycles. The Kier molecular flexibility index (Phi) is 6.41. The van der Waals surface area contributed by atoms with Crippen LogP contribution in [0.5, 0.6) is 0 Å². The first-order chi connectivity index (χ1) is 13.6. The average molecular weight is 426 g/mol. The number of halogens is 4. The van der Waals surface area contributed by atoms with Crippen molar-refractivity contribution in [3.05, 3.63) is 58.9 Å². The smallest absolute Gasteiger partial charge is 0.366 e. The van der Waals surface area contributed by atoms with Gasteiger partial charge in [-0.3, -0.25) is 4.79 Å². The van der Waals surface area contributed by atoms with Crippen molar-refractivity contribution >= 4 is 23.4 Å². The maximum absolute atomic E-state index is 14.5. The lowest BCUT2D eigenvalue weighted by Gasteiger charge is -2.36. The van der Waals surface area contributed by atoms with Gasteiger partial charge in [-0.15, -0.1) is 11.8 Å². The highest BCUT2D eigenvalue weighted by Crippen LogP contribution is 2.34. The molecule has 2 aromatic carbocycles. The second-order valence-electron chi connectivity index (χ2n) is 7.12. The number of thioether (sulfide) groups is 1. The molecule has 0 unspecified atom stereocenters. The lowest BCUT2D eigenvalue weighted by Crippen LogP contribution is -2.49. The molecule has 1 aliphatic rings. The fourth-order valence-corrected chi connectivity index (χ4v) is 4.11. The van der Waals surface area contributed by atoms with Crippen LogP contribution in [0.2, 0.25) is 0 Å². The van der Waals surface area contributed by atoms with Crippen LogP contribution in [0.15, 0.2) is 41.3 Å². The molecule has 0 saturated carbocycles.